The first-order valence-electron chi connectivity index (χ1n) is 9.70. The van der Waals surface area contributed by atoms with Crippen LogP contribution in [-0.2, 0) is 7.05 Å². The summed E-state index contributed by atoms with van der Waals surface area (Å²) >= 11 is 6.52. The second-order valence-corrected chi connectivity index (χ2v) is 8.20. The van der Waals surface area contributed by atoms with E-state index in [1.165, 1.54) is 22.8 Å². The van der Waals surface area contributed by atoms with E-state index >= 15 is 0 Å². The molecule has 0 saturated carbocycles. The van der Waals surface area contributed by atoms with Crippen LogP contribution in [-0.4, -0.2) is 46.4 Å². The van der Waals surface area contributed by atoms with Crippen LogP contribution in [0, 0.1) is 5.82 Å². The van der Waals surface area contributed by atoms with Crippen LogP contribution in [0.2, 0.25) is 5.02 Å². The van der Waals surface area contributed by atoms with Gasteiger partial charge in [0.05, 0.1) is 28.0 Å². The number of hydrogen-bond acceptors (Lipinski definition) is 6. The maximum atomic E-state index is 14.5. The SMILES string of the molecule is C[C@@H]1CN2c3c(c(=O)n(C)c4nc(-c5c(O)cccc5F)c(Cl)cc34)OC[C@H]2CN1. The number of anilines is 1. The Hall–Kier alpha value is -2.84. The minimum Gasteiger partial charge on any atom is -0.507 e. The van der Waals surface area contributed by atoms with Gasteiger partial charge in [0.1, 0.15) is 23.8 Å². The molecular formula is C21H20ClFN4O3. The Labute approximate surface area is 176 Å². The molecular weight excluding hydrogens is 411 g/mol. The molecule has 7 nitrogen and oxygen atoms in total. The standard InChI is InChI=1S/C21H20ClFN4O3/c1-10-8-27-11(7-24-10)9-30-19-18(27)12-6-13(22)17(25-20(12)26(2)21(19)29)16-14(23)4-3-5-15(16)28/h3-6,10-11,24,28H,7-9H2,1-2H3/t10-,11-/m1/s1. The summed E-state index contributed by atoms with van der Waals surface area (Å²) in [6.07, 6.45) is 0. The number of nitrogens with one attached hydrogen (secondary N) is 1. The van der Waals surface area contributed by atoms with Crippen molar-refractivity contribution in [3.8, 4) is 22.8 Å². The molecule has 3 aromatic rings. The van der Waals surface area contributed by atoms with E-state index < -0.39 is 5.82 Å². The van der Waals surface area contributed by atoms with Gasteiger partial charge in [-0.3, -0.25) is 9.36 Å². The molecule has 0 amide bonds. The third-order valence-electron chi connectivity index (χ3n) is 5.79. The van der Waals surface area contributed by atoms with Gasteiger partial charge in [0.25, 0.3) is 5.56 Å². The summed E-state index contributed by atoms with van der Waals surface area (Å²) in [5.41, 5.74) is 0.671. The van der Waals surface area contributed by atoms with Crippen molar-refractivity contribution < 1.29 is 14.2 Å². The van der Waals surface area contributed by atoms with E-state index in [1.54, 1.807) is 13.1 Å². The summed E-state index contributed by atoms with van der Waals surface area (Å²) in [6.45, 7) is 3.94. The maximum absolute atomic E-state index is 14.5. The van der Waals surface area contributed by atoms with Crippen LogP contribution in [0.3, 0.4) is 0 Å². The number of aromatic hydroxyl groups is 1. The number of nitrogens with zero attached hydrogens (tertiary/aromatic N) is 3. The highest BCUT2D eigenvalue weighted by molar-refractivity contribution is 6.34. The Kier molecular flexibility index (Phi) is 4.37. The zero-order valence-corrected chi connectivity index (χ0v) is 17.2. The summed E-state index contributed by atoms with van der Waals surface area (Å²) in [5, 5.41) is 14.4. The van der Waals surface area contributed by atoms with Crippen molar-refractivity contribution >= 4 is 28.3 Å². The lowest BCUT2D eigenvalue weighted by Gasteiger charge is -2.44. The van der Waals surface area contributed by atoms with Crippen molar-refractivity contribution in [2.24, 2.45) is 7.05 Å². The van der Waals surface area contributed by atoms with E-state index in [0.717, 1.165) is 6.54 Å². The quantitative estimate of drug-likeness (QED) is 0.618. The molecule has 156 valence electrons. The third kappa shape index (κ3) is 2.74. The molecule has 9 heteroatoms. The lowest BCUT2D eigenvalue weighted by Crippen LogP contribution is -2.59. The molecule has 2 atom stereocenters. The number of rotatable bonds is 1. The Bertz CT molecular complexity index is 1230. The van der Waals surface area contributed by atoms with Crippen LogP contribution in [0.25, 0.3) is 22.3 Å². The highest BCUT2D eigenvalue weighted by atomic mass is 35.5. The normalized spacial score (nSPS) is 20.6. The molecule has 0 unspecified atom stereocenters. The lowest BCUT2D eigenvalue weighted by molar-refractivity contribution is 0.233. The summed E-state index contributed by atoms with van der Waals surface area (Å²) in [7, 11) is 1.59. The van der Waals surface area contributed by atoms with E-state index in [9.17, 15) is 14.3 Å². The molecule has 2 aliphatic heterocycles. The van der Waals surface area contributed by atoms with Crippen molar-refractivity contribution in [2.75, 3.05) is 24.6 Å². The van der Waals surface area contributed by atoms with Crippen molar-refractivity contribution in [1.82, 2.24) is 14.9 Å². The topological polar surface area (TPSA) is 79.6 Å². The Balaban J connectivity index is 1.81. The van der Waals surface area contributed by atoms with Crippen LogP contribution in [0.1, 0.15) is 6.92 Å². The second kappa shape index (κ2) is 6.85. The second-order valence-electron chi connectivity index (χ2n) is 7.79. The minimum atomic E-state index is -0.647. The predicted octanol–water partition coefficient (Wildman–Crippen LogP) is 2.66. The number of pyridine rings is 2. The first kappa shape index (κ1) is 19.1. The van der Waals surface area contributed by atoms with Gasteiger partial charge in [-0.15, -0.1) is 0 Å². The van der Waals surface area contributed by atoms with E-state index in [1.807, 2.05) is 0 Å². The minimum absolute atomic E-state index is 0.0803. The fourth-order valence-corrected chi connectivity index (χ4v) is 4.52. The molecule has 0 spiro atoms. The molecule has 2 aromatic heterocycles. The monoisotopic (exact) mass is 430 g/mol. The Morgan fingerprint density at radius 3 is 2.97 bits per heavy atom. The van der Waals surface area contributed by atoms with Gasteiger partial charge in [0.15, 0.2) is 0 Å². The fraction of sp³-hybridized carbons (Fsp3) is 0.333. The summed E-state index contributed by atoms with van der Waals surface area (Å²) in [5.74, 6) is -0.647. The van der Waals surface area contributed by atoms with Gasteiger partial charge in [-0.25, -0.2) is 9.37 Å². The van der Waals surface area contributed by atoms with Gasteiger partial charge in [-0.05, 0) is 25.1 Å². The number of benzene rings is 1. The first-order chi connectivity index (χ1) is 14.4. The van der Waals surface area contributed by atoms with E-state index in [2.05, 4.69) is 22.1 Å². The number of hydrogen-bond donors (Lipinski definition) is 2. The number of aromatic nitrogens is 2. The average Bonchev–Trinajstić information content (AvgIpc) is 2.71. The van der Waals surface area contributed by atoms with E-state index in [-0.39, 0.29) is 45.4 Å². The zero-order chi connectivity index (χ0) is 21.2. The van der Waals surface area contributed by atoms with Crippen LogP contribution in [0.5, 0.6) is 11.5 Å². The molecule has 4 heterocycles. The molecule has 1 saturated heterocycles. The Morgan fingerprint density at radius 2 is 2.20 bits per heavy atom. The third-order valence-corrected chi connectivity index (χ3v) is 6.08. The van der Waals surface area contributed by atoms with E-state index in [0.29, 0.717) is 29.9 Å². The van der Waals surface area contributed by atoms with Crippen LogP contribution >= 0.6 is 11.6 Å². The predicted molar refractivity (Wildman–Crippen MR) is 113 cm³/mol. The molecule has 2 aliphatic rings. The Morgan fingerprint density at radius 1 is 1.40 bits per heavy atom. The van der Waals surface area contributed by atoms with E-state index in [4.69, 9.17) is 16.3 Å². The molecule has 1 fully saturated rings. The molecule has 2 N–H and O–H groups in total. The number of phenols is 1. The van der Waals surface area contributed by atoms with Crippen LogP contribution in [0.4, 0.5) is 10.1 Å². The van der Waals surface area contributed by atoms with Crippen LogP contribution < -0.4 is 20.5 Å². The van der Waals surface area contributed by atoms with Gasteiger partial charge in [0, 0.05) is 31.6 Å². The largest absolute Gasteiger partial charge is 0.507 e. The zero-order valence-electron chi connectivity index (χ0n) is 16.4. The smallest absolute Gasteiger partial charge is 0.296 e. The highest BCUT2D eigenvalue weighted by Crippen LogP contribution is 2.42. The molecule has 0 bridgehead atoms. The molecule has 0 radical (unpaired) electrons. The van der Waals surface area contributed by atoms with Gasteiger partial charge < -0.3 is 20.1 Å². The number of ether oxygens (including phenoxy) is 1. The maximum Gasteiger partial charge on any atom is 0.296 e. The van der Waals surface area contributed by atoms with Gasteiger partial charge in [-0.1, -0.05) is 17.7 Å². The molecule has 0 aliphatic carbocycles. The number of piperazine rings is 1. The first-order valence-corrected chi connectivity index (χ1v) is 10.1. The van der Waals surface area contributed by atoms with Crippen molar-refractivity contribution in [3.05, 3.63) is 45.5 Å². The molecule has 5 rings (SSSR count). The number of halogens is 2. The highest BCUT2D eigenvalue weighted by Gasteiger charge is 2.36. The van der Waals surface area contributed by atoms with Gasteiger partial charge in [0.2, 0.25) is 5.75 Å². The lowest BCUT2D eigenvalue weighted by atomic mass is 10.0. The number of phenolic OH excluding ortho intramolecular Hbond substituents is 1. The number of aryl methyl sites for hydroxylation is 1. The summed E-state index contributed by atoms with van der Waals surface area (Å²) in [4.78, 5) is 19.7. The fourth-order valence-electron chi connectivity index (χ4n) is 4.28. The number of fused-ring (bicyclic) bond motifs is 5. The van der Waals surface area contributed by atoms with Crippen LogP contribution in [0.15, 0.2) is 29.1 Å². The molecule has 1 aromatic carbocycles. The average molecular weight is 431 g/mol. The van der Waals surface area contributed by atoms with Crippen molar-refractivity contribution in [1.29, 1.82) is 0 Å². The van der Waals surface area contributed by atoms with Gasteiger partial charge >= 0.3 is 0 Å². The van der Waals surface area contributed by atoms with Crippen molar-refractivity contribution in [3.63, 3.8) is 0 Å². The summed E-state index contributed by atoms with van der Waals surface area (Å²) in [6, 6.07) is 5.99. The van der Waals surface area contributed by atoms with Crippen molar-refractivity contribution in [2.45, 2.75) is 19.0 Å². The summed E-state index contributed by atoms with van der Waals surface area (Å²) < 4.78 is 21.7. The van der Waals surface area contributed by atoms with Gasteiger partial charge in [-0.2, -0.15) is 0 Å². The molecule has 30 heavy (non-hydrogen) atoms.